The maximum atomic E-state index is 12.6. The van der Waals surface area contributed by atoms with Gasteiger partial charge in [-0.25, -0.2) is 4.79 Å². The molecule has 0 radical (unpaired) electrons. The molecule has 1 fully saturated rings. The van der Waals surface area contributed by atoms with Gasteiger partial charge in [-0.05, 0) is 80.8 Å². The predicted octanol–water partition coefficient (Wildman–Crippen LogP) is 5.28. The molecule has 40 heavy (non-hydrogen) atoms. The summed E-state index contributed by atoms with van der Waals surface area (Å²) in [7, 11) is 1.62. The summed E-state index contributed by atoms with van der Waals surface area (Å²) in [6.45, 7) is 4.53. The molecule has 3 aromatic carbocycles. The maximum absolute atomic E-state index is 12.6. The highest BCUT2D eigenvalue weighted by atomic mass is 16.5. The molecule has 0 aromatic heterocycles. The number of benzene rings is 3. The summed E-state index contributed by atoms with van der Waals surface area (Å²) in [5.41, 5.74) is 2.87. The van der Waals surface area contributed by atoms with Crippen LogP contribution in [-0.4, -0.2) is 56.2 Å². The molecule has 1 heterocycles. The summed E-state index contributed by atoms with van der Waals surface area (Å²) in [5, 5.41) is 9.32. The number of carbonyl (C=O) groups is 2. The van der Waals surface area contributed by atoms with Crippen molar-refractivity contribution >= 4 is 17.6 Å². The van der Waals surface area contributed by atoms with E-state index in [2.05, 4.69) is 27.8 Å². The minimum Gasteiger partial charge on any atom is -0.497 e. The Labute approximate surface area is 238 Å². The number of hydrogen-bond acceptors (Lipinski definition) is 4. The summed E-state index contributed by atoms with van der Waals surface area (Å²) >= 11 is 0. The lowest BCUT2D eigenvalue weighted by atomic mass is 10.1. The largest absolute Gasteiger partial charge is 0.497 e. The van der Waals surface area contributed by atoms with Crippen molar-refractivity contribution in [1.82, 2.24) is 15.5 Å². The van der Waals surface area contributed by atoms with E-state index in [0.29, 0.717) is 13.1 Å². The van der Waals surface area contributed by atoms with Gasteiger partial charge in [-0.3, -0.25) is 4.79 Å². The lowest BCUT2D eigenvalue weighted by molar-refractivity contribution is -0.119. The first-order chi connectivity index (χ1) is 19.5. The Balaban J connectivity index is 0.000000263. The quantitative estimate of drug-likeness (QED) is 0.393. The number of nitrogens with zero attached hydrogens (tertiary/aromatic N) is 1. The number of hydrogen-bond donors (Lipinski definition) is 3. The average molecular weight is 541 g/mol. The molecule has 1 aliphatic rings. The van der Waals surface area contributed by atoms with Gasteiger partial charge < -0.3 is 25.6 Å². The lowest BCUT2D eigenvalue weighted by Gasteiger charge is -2.27. The zero-order valence-corrected chi connectivity index (χ0v) is 23.5. The zero-order chi connectivity index (χ0) is 28.4. The fourth-order valence-corrected chi connectivity index (χ4v) is 4.18. The van der Waals surface area contributed by atoms with E-state index in [-0.39, 0.29) is 18.0 Å². The third-order valence-electron chi connectivity index (χ3n) is 6.39. The Morgan fingerprint density at radius 3 is 2.05 bits per heavy atom. The number of amides is 3. The van der Waals surface area contributed by atoms with Crippen molar-refractivity contribution in [2.24, 2.45) is 0 Å². The molecule has 1 unspecified atom stereocenters. The van der Waals surface area contributed by atoms with E-state index in [1.54, 1.807) is 7.11 Å². The Bertz CT molecular complexity index is 1180. The van der Waals surface area contributed by atoms with E-state index in [1.165, 1.54) is 6.92 Å². The molecule has 3 aromatic rings. The number of rotatable bonds is 4. The monoisotopic (exact) mass is 540 g/mol. The Morgan fingerprint density at radius 1 is 0.875 bits per heavy atom. The summed E-state index contributed by atoms with van der Waals surface area (Å²) < 4.78 is 5.14. The Morgan fingerprint density at radius 2 is 1.48 bits per heavy atom. The number of anilines is 1. The van der Waals surface area contributed by atoms with Crippen LogP contribution in [0.15, 0.2) is 84.9 Å². The topological polar surface area (TPSA) is 82.7 Å². The van der Waals surface area contributed by atoms with Gasteiger partial charge in [0.05, 0.1) is 7.11 Å². The number of urea groups is 1. The zero-order valence-electron chi connectivity index (χ0n) is 23.5. The first-order valence-corrected chi connectivity index (χ1v) is 13.8. The third kappa shape index (κ3) is 11.6. The minimum absolute atomic E-state index is 0.00982. The van der Waals surface area contributed by atoms with E-state index in [9.17, 15) is 9.59 Å². The van der Waals surface area contributed by atoms with Gasteiger partial charge in [0.2, 0.25) is 5.91 Å². The van der Waals surface area contributed by atoms with Gasteiger partial charge in [0.25, 0.3) is 0 Å². The summed E-state index contributed by atoms with van der Waals surface area (Å²) in [4.78, 5) is 25.6. The number of methoxy groups -OCH3 is 1. The second-order valence-electron chi connectivity index (χ2n) is 9.57. The van der Waals surface area contributed by atoms with Gasteiger partial charge in [0, 0.05) is 49.4 Å². The van der Waals surface area contributed by atoms with E-state index in [1.807, 2.05) is 89.8 Å². The van der Waals surface area contributed by atoms with Crippen molar-refractivity contribution in [1.29, 1.82) is 0 Å². The van der Waals surface area contributed by atoms with Gasteiger partial charge in [0.15, 0.2) is 0 Å². The van der Waals surface area contributed by atoms with Crippen molar-refractivity contribution in [2.75, 3.05) is 38.6 Å². The SMILES string of the molecule is C(#Cc1ccccc1)c1ccccc1.COc1ccc(NC(=O)N2CCCCNC(CNC(C)=O)CCC2)cc1. The predicted molar refractivity (Wildman–Crippen MR) is 161 cm³/mol. The van der Waals surface area contributed by atoms with Crippen LogP contribution in [0.4, 0.5) is 10.5 Å². The van der Waals surface area contributed by atoms with Crippen molar-refractivity contribution in [3.63, 3.8) is 0 Å². The second-order valence-corrected chi connectivity index (χ2v) is 9.57. The van der Waals surface area contributed by atoms with Gasteiger partial charge >= 0.3 is 6.03 Å². The van der Waals surface area contributed by atoms with Gasteiger partial charge in [-0.15, -0.1) is 0 Å². The molecule has 0 saturated carbocycles. The standard InChI is InChI=1S/C19H30N4O3.C14H10/c1-15(24)21-14-17-6-5-13-23(12-4-3-11-20-17)19(25)22-16-7-9-18(26-2)10-8-16;1-3-7-13(8-4-1)11-12-14-9-5-2-6-10-14/h7-10,17,20H,3-6,11-14H2,1-2H3,(H,21,24)(H,22,25);1-10H. The molecule has 0 spiro atoms. The van der Waals surface area contributed by atoms with Crippen LogP contribution in [0.5, 0.6) is 5.75 Å². The van der Waals surface area contributed by atoms with Crippen LogP contribution in [0, 0.1) is 11.8 Å². The minimum atomic E-state index is -0.0675. The first kappa shape index (κ1) is 30.3. The third-order valence-corrected chi connectivity index (χ3v) is 6.39. The molecule has 0 aliphatic carbocycles. The highest BCUT2D eigenvalue weighted by Crippen LogP contribution is 2.16. The molecule has 210 valence electrons. The van der Waals surface area contributed by atoms with E-state index >= 15 is 0 Å². The van der Waals surface area contributed by atoms with Gasteiger partial charge in [0.1, 0.15) is 5.75 Å². The lowest BCUT2D eigenvalue weighted by Crippen LogP contribution is -2.43. The van der Waals surface area contributed by atoms with Crippen LogP contribution in [0.1, 0.15) is 43.7 Å². The van der Waals surface area contributed by atoms with E-state index in [4.69, 9.17) is 4.74 Å². The van der Waals surface area contributed by atoms with Crippen LogP contribution < -0.4 is 20.7 Å². The van der Waals surface area contributed by atoms with Crippen LogP contribution in [0.25, 0.3) is 0 Å². The molecule has 0 bridgehead atoms. The second kappa shape index (κ2) is 17.3. The molecular weight excluding hydrogens is 500 g/mol. The van der Waals surface area contributed by atoms with Crippen molar-refractivity contribution < 1.29 is 14.3 Å². The summed E-state index contributed by atoms with van der Waals surface area (Å²) in [6.07, 6.45) is 3.78. The molecule has 4 rings (SSSR count). The summed E-state index contributed by atoms with van der Waals surface area (Å²) in [5.74, 6) is 6.98. The number of carbonyl (C=O) groups excluding carboxylic acids is 2. The van der Waals surface area contributed by atoms with Crippen molar-refractivity contribution in [2.45, 2.75) is 38.6 Å². The van der Waals surface area contributed by atoms with E-state index < -0.39 is 0 Å². The number of ether oxygens (including phenoxy) is 1. The Hall–Kier alpha value is -4.28. The molecule has 1 atom stereocenters. The molecule has 1 saturated heterocycles. The van der Waals surface area contributed by atoms with Crippen LogP contribution in [-0.2, 0) is 4.79 Å². The molecular formula is C33H40N4O3. The number of nitrogens with one attached hydrogen (secondary N) is 3. The summed E-state index contributed by atoms with van der Waals surface area (Å²) in [6, 6.07) is 27.5. The van der Waals surface area contributed by atoms with Crippen molar-refractivity contribution in [3.05, 3.63) is 96.1 Å². The molecule has 3 N–H and O–H groups in total. The molecule has 3 amide bonds. The Kier molecular flexibility index (Phi) is 13.1. The first-order valence-electron chi connectivity index (χ1n) is 13.8. The van der Waals surface area contributed by atoms with E-state index in [0.717, 1.165) is 61.3 Å². The molecule has 7 nitrogen and oxygen atoms in total. The van der Waals surface area contributed by atoms with Crippen LogP contribution in [0.3, 0.4) is 0 Å². The fourth-order valence-electron chi connectivity index (χ4n) is 4.18. The van der Waals surface area contributed by atoms with Crippen molar-refractivity contribution in [3.8, 4) is 17.6 Å². The fraction of sp³-hybridized carbons (Fsp3) is 0.333. The average Bonchev–Trinajstić information content (AvgIpc) is 2.99. The molecule has 7 heteroatoms. The van der Waals surface area contributed by atoms with Gasteiger partial charge in [-0.1, -0.05) is 48.2 Å². The van der Waals surface area contributed by atoms with Crippen LogP contribution in [0.2, 0.25) is 0 Å². The molecule has 1 aliphatic heterocycles. The highest BCUT2D eigenvalue weighted by molar-refractivity contribution is 5.89. The van der Waals surface area contributed by atoms with Crippen LogP contribution >= 0.6 is 0 Å². The highest BCUT2D eigenvalue weighted by Gasteiger charge is 2.17. The maximum Gasteiger partial charge on any atom is 0.321 e. The smallest absolute Gasteiger partial charge is 0.321 e. The normalized spacial score (nSPS) is 15.2. The van der Waals surface area contributed by atoms with Gasteiger partial charge in [-0.2, -0.15) is 0 Å².